The van der Waals surface area contributed by atoms with Gasteiger partial charge < -0.3 is 9.13 Å². The third kappa shape index (κ3) is 2.89. The first kappa shape index (κ1) is 21.5. The number of hydrogen-bond acceptors (Lipinski definition) is 3. The molecular formula is C33H17N5. The molecule has 5 aromatic carbocycles. The van der Waals surface area contributed by atoms with Gasteiger partial charge in [0.05, 0.1) is 56.2 Å². The third-order valence-corrected chi connectivity index (χ3v) is 7.22. The smallest absolute Gasteiger partial charge is 0.101 e. The highest BCUT2D eigenvalue weighted by atomic mass is 15.0. The molecule has 0 radical (unpaired) electrons. The number of nitriles is 3. The zero-order chi connectivity index (χ0) is 25.8. The van der Waals surface area contributed by atoms with Crippen molar-refractivity contribution in [1.29, 1.82) is 15.8 Å². The Morgan fingerprint density at radius 1 is 0.421 bits per heavy atom. The molecular weight excluding hydrogens is 466 g/mol. The largest absolute Gasteiger partial charge is 0.308 e. The number of nitrogens with zero attached hydrogens (tertiary/aromatic N) is 5. The second kappa shape index (κ2) is 8.10. The van der Waals surface area contributed by atoms with Crippen molar-refractivity contribution in [3.63, 3.8) is 0 Å². The molecule has 0 fully saturated rings. The molecule has 0 saturated heterocycles. The van der Waals surface area contributed by atoms with Crippen molar-refractivity contribution in [3.05, 3.63) is 120 Å². The SMILES string of the molecule is N#Cc1ccc(-n2c3ccccc3c3cc4c5ccccc5n(-c5ccccc5C#N)c4cc32)c(C#N)c1. The van der Waals surface area contributed by atoms with Crippen molar-refractivity contribution in [2.75, 3.05) is 0 Å². The number of para-hydroxylation sites is 3. The second-order valence-electron chi connectivity index (χ2n) is 9.18. The third-order valence-electron chi connectivity index (χ3n) is 7.22. The Bertz CT molecular complexity index is 2230. The van der Waals surface area contributed by atoms with Crippen LogP contribution in [-0.2, 0) is 0 Å². The Balaban J connectivity index is 1.69. The normalized spacial score (nSPS) is 11.1. The molecule has 5 heteroatoms. The van der Waals surface area contributed by atoms with Gasteiger partial charge in [-0.2, -0.15) is 15.8 Å². The van der Waals surface area contributed by atoms with Crippen LogP contribution in [0.15, 0.2) is 103 Å². The highest BCUT2D eigenvalue weighted by Crippen LogP contribution is 2.40. The molecule has 174 valence electrons. The summed E-state index contributed by atoms with van der Waals surface area (Å²) in [6.07, 6.45) is 0. The van der Waals surface area contributed by atoms with Crippen LogP contribution >= 0.6 is 0 Å². The van der Waals surface area contributed by atoms with Crippen LogP contribution in [-0.4, -0.2) is 9.13 Å². The van der Waals surface area contributed by atoms with Gasteiger partial charge in [0.25, 0.3) is 0 Å². The molecule has 7 rings (SSSR count). The number of hydrogen-bond donors (Lipinski definition) is 0. The van der Waals surface area contributed by atoms with Crippen LogP contribution in [0.25, 0.3) is 55.0 Å². The summed E-state index contributed by atoms with van der Waals surface area (Å²) in [6, 6.07) is 40.4. The summed E-state index contributed by atoms with van der Waals surface area (Å²) in [6.45, 7) is 0. The van der Waals surface area contributed by atoms with Gasteiger partial charge in [0.1, 0.15) is 12.1 Å². The minimum Gasteiger partial charge on any atom is -0.308 e. The first-order chi connectivity index (χ1) is 18.7. The number of rotatable bonds is 2. The van der Waals surface area contributed by atoms with E-state index in [9.17, 15) is 15.8 Å². The average Bonchev–Trinajstić information content (AvgIpc) is 3.47. The molecule has 0 bridgehead atoms. The summed E-state index contributed by atoms with van der Waals surface area (Å²) in [5.41, 5.74) is 6.92. The second-order valence-corrected chi connectivity index (χ2v) is 9.18. The lowest BCUT2D eigenvalue weighted by molar-refractivity contribution is 1.15. The van der Waals surface area contributed by atoms with E-state index in [2.05, 4.69) is 63.7 Å². The van der Waals surface area contributed by atoms with E-state index in [0.717, 1.165) is 55.0 Å². The Morgan fingerprint density at radius 2 is 0.974 bits per heavy atom. The van der Waals surface area contributed by atoms with Gasteiger partial charge in [0, 0.05) is 21.5 Å². The maximum Gasteiger partial charge on any atom is 0.101 e. The predicted molar refractivity (Wildman–Crippen MR) is 149 cm³/mol. The minimum absolute atomic E-state index is 0.433. The van der Waals surface area contributed by atoms with Crippen LogP contribution in [0.2, 0.25) is 0 Å². The van der Waals surface area contributed by atoms with Gasteiger partial charge in [0.15, 0.2) is 0 Å². The summed E-state index contributed by atoms with van der Waals surface area (Å²) in [7, 11) is 0. The van der Waals surface area contributed by atoms with Crippen molar-refractivity contribution in [2.24, 2.45) is 0 Å². The van der Waals surface area contributed by atoms with Crippen LogP contribution in [0, 0.1) is 34.0 Å². The molecule has 5 nitrogen and oxygen atoms in total. The van der Waals surface area contributed by atoms with Gasteiger partial charge in [-0.1, -0.05) is 48.5 Å². The maximum atomic E-state index is 9.99. The molecule has 0 aliphatic rings. The fraction of sp³-hybridized carbons (Fsp3) is 0. The van der Waals surface area contributed by atoms with Crippen LogP contribution in [0.3, 0.4) is 0 Å². The zero-order valence-corrected chi connectivity index (χ0v) is 20.1. The van der Waals surface area contributed by atoms with Crippen molar-refractivity contribution < 1.29 is 0 Å². The first-order valence-electron chi connectivity index (χ1n) is 12.1. The van der Waals surface area contributed by atoms with Crippen LogP contribution < -0.4 is 0 Å². The number of fused-ring (bicyclic) bond motifs is 6. The molecule has 38 heavy (non-hydrogen) atoms. The quantitative estimate of drug-likeness (QED) is 0.255. The highest BCUT2D eigenvalue weighted by Gasteiger charge is 2.20. The van der Waals surface area contributed by atoms with Crippen molar-refractivity contribution >= 4 is 43.6 Å². The minimum atomic E-state index is 0.433. The monoisotopic (exact) mass is 483 g/mol. The van der Waals surface area contributed by atoms with Gasteiger partial charge in [-0.25, -0.2) is 0 Å². The van der Waals surface area contributed by atoms with Crippen molar-refractivity contribution in [3.8, 4) is 29.6 Å². The van der Waals surface area contributed by atoms with Gasteiger partial charge in [-0.15, -0.1) is 0 Å². The standard InChI is InChI=1S/C33H17N5/c34-18-21-13-14-29(23(15-21)20-36)38-31-12-6-3-9-25(31)27-16-26-24-8-2-5-11-30(24)37(32(26)17-33(27)38)28-10-4-1-7-22(28)19-35/h1-17H. The lowest BCUT2D eigenvalue weighted by Gasteiger charge is -2.12. The van der Waals surface area contributed by atoms with E-state index in [0.29, 0.717) is 16.7 Å². The number of benzene rings is 5. The molecule has 0 unspecified atom stereocenters. The molecule has 0 saturated carbocycles. The average molecular weight is 484 g/mol. The van der Waals surface area contributed by atoms with E-state index in [1.807, 2.05) is 54.6 Å². The number of aromatic nitrogens is 2. The highest BCUT2D eigenvalue weighted by molar-refractivity contribution is 6.19. The summed E-state index contributed by atoms with van der Waals surface area (Å²) in [5, 5.41) is 33.6. The zero-order valence-electron chi connectivity index (χ0n) is 20.1. The molecule has 0 amide bonds. The van der Waals surface area contributed by atoms with E-state index in [-0.39, 0.29) is 0 Å². The molecule has 0 spiro atoms. The molecule has 2 aromatic heterocycles. The van der Waals surface area contributed by atoms with E-state index in [1.165, 1.54) is 0 Å². The Labute approximate surface area is 217 Å². The van der Waals surface area contributed by atoms with Gasteiger partial charge in [-0.3, -0.25) is 0 Å². The lowest BCUT2D eigenvalue weighted by Crippen LogP contribution is -1.99. The van der Waals surface area contributed by atoms with Crippen molar-refractivity contribution in [2.45, 2.75) is 0 Å². The van der Waals surface area contributed by atoms with Gasteiger partial charge in [0.2, 0.25) is 0 Å². The Kier molecular flexibility index (Phi) is 4.57. The van der Waals surface area contributed by atoms with Gasteiger partial charge in [-0.05, 0) is 54.6 Å². The van der Waals surface area contributed by atoms with Crippen LogP contribution in [0.1, 0.15) is 16.7 Å². The molecule has 0 aliphatic carbocycles. The summed E-state index contributed by atoms with van der Waals surface area (Å²) >= 11 is 0. The lowest BCUT2D eigenvalue weighted by atomic mass is 10.1. The van der Waals surface area contributed by atoms with E-state index in [4.69, 9.17) is 0 Å². The van der Waals surface area contributed by atoms with E-state index >= 15 is 0 Å². The molecule has 2 heterocycles. The Morgan fingerprint density at radius 3 is 1.58 bits per heavy atom. The van der Waals surface area contributed by atoms with Crippen LogP contribution in [0.4, 0.5) is 0 Å². The maximum absolute atomic E-state index is 9.99. The van der Waals surface area contributed by atoms with Crippen LogP contribution in [0.5, 0.6) is 0 Å². The first-order valence-corrected chi connectivity index (χ1v) is 12.1. The summed E-state index contributed by atoms with van der Waals surface area (Å²) in [5.74, 6) is 0. The van der Waals surface area contributed by atoms with Gasteiger partial charge >= 0.3 is 0 Å². The van der Waals surface area contributed by atoms with E-state index in [1.54, 1.807) is 12.1 Å². The molecule has 7 aromatic rings. The summed E-state index contributed by atoms with van der Waals surface area (Å²) < 4.78 is 4.25. The van der Waals surface area contributed by atoms with E-state index < -0.39 is 0 Å². The predicted octanol–water partition coefficient (Wildman–Crippen LogP) is 7.50. The fourth-order valence-corrected chi connectivity index (χ4v) is 5.60. The molecule has 0 atom stereocenters. The molecule has 0 aliphatic heterocycles. The fourth-order valence-electron chi connectivity index (χ4n) is 5.60. The summed E-state index contributed by atoms with van der Waals surface area (Å²) in [4.78, 5) is 0. The van der Waals surface area contributed by atoms with Crippen molar-refractivity contribution in [1.82, 2.24) is 9.13 Å². The molecule has 0 N–H and O–H groups in total. The Hall–Kier alpha value is -5.83. The topological polar surface area (TPSA) is 81.2 Å².